The van der Waals surface area contributed by atoms with Crippen molar-refractivity contribution >= 4 is 5.69 Å². The van der Waals surface area contributed by atoms with Gasteiger partial charge >= 0.3 is 0 Å². The van der Waals surface area contributed by atoms with E-state index in [9.17, 15) is 9.50 Å². The van der Waals surface area contributed by atoms with Crippen molar-refractivity contribution in [1.82, 2.24) is 5.32 Å². The molecule has 0 unspecified atom stereocenters. The standard InChI is InChI=1S/C13H19FN2O/c1-9-7-13(16-5-3-15-4-6-16)11(10(2)17)8-12(9)14/h7-8,10,15,17H,3-6H2,1-2H3/t10-/m0/s1. The second kappa shape index (κ2) is 5.02. The van der Waals surface area contributed by atoms with Gasteiger partial charge in [-0.15, -0.1) is 0 Å². The Morgan fingerprint density at radius 3 is 2.59 bits per heavy atom. The van der Waals surface area contributed by atoms with Gasteiger partial charge in [0.15, 0.2) is 0 Å². The fourth-order valence-corrected chi connectivity index (χ4v) is 2.20. The SMILES string of the molecule is Cc1cc(N2CCNCC2)c([C@H](C)O)cc1F. The van der Waals surface area contributed by atoms with Crippen LogP contribution < -0.4 is 10.2 Å². The van der Waals surface area contributed by atoms with Crippen LogP contribution in [-0.2, 0) is 0 Å². The van der Waals surface area contributed by atoms with Crippen molar-refractivity contribution < 1.29 is 9.50 Å². The summed E-state index contributed by atoms with van der Waals surface area (Å²) >= 11 is 0. The third-order valence-corrected chi connectivity index (χ3v) is 3.22. The molecule has 1 aliphatic rings. The first kappa shape index (κ1) is 12.3. The Balaban J connectivity index is 2.39. The van der Waals surface area contributed by atoms with Crippen molar-refractivity contribution in [3.63, 3.8) is 0 Å². The summed E-state index contributed by atoms with van der Waals surface area (Å²) in [5, 5.41) is 13.0. The van der Waals surface area contributed by atoms with E-state index in [0.717, 1.165) is 31.9 Å². The maximum Gasteiger partial charge on any atom is 0.126 e. The summed E-state index contributed by atoms with van der Waals surface area (Å²) in [5.74, 6) is -0.250. The van der Waals surface area contributed by atoms with Gasteiger partial charge in [0.1, 0.15) is 5.82 Å². The lowest BCUT2D eigenvalue weighted by Crippen LogP contribution is -2.44. The summed E-state index contributed by atoms with van der Waals surface area (Å²) in [6.07, 6.45) is -0.644. The quantitative estimate of drug-likeness (QED) is 0.821. The number of anilines is 1. The molecule has 4 heteroatoms. The minimum atomic E-state index is -0.644. The van der Waals surface area contributed by atoms with Crippen molar-refractivity contribution in [3.8, 4) is 0 Å². The molecule has 1 aliphatic heterocycles. The summed E-state index contributed by atoms with van der Waals surface area (Å²) in [7, 11) is 0. The second-order valence-electron chi connectivity index (χ2n) is 4.57. The molecule has 0 aromatic heterocycles. The van der Waals surface area contributed by atoms with Gasteiger partial charge in [-0.05, 0) is 31.5 Å². The van der Waals surface area contributed by atoms with Gasteiger partial charge in [0.05, 0.1) is 6.10 Å². The number of nitrogens with zero attached hydrogens (tertiary/aromatic N) is 1. The Labute approximate surface area is 101 Å². The van der Waals surface area contributed by atoms with Crippen LogP contribution >= 0.6 is 0 Å². The molecule has 1 saturated heterocycles. The normalized spacial score (nSPS) is 18.2. The molecular formula is C13H19FN2O. The van der Waals surface area contributed by atoms with Crippen LogP contribution in [0.3, 0.4) is 0 Å². The minimum Gasteiger partial charge on any atom is -0.389 e. The summed E-state index contributed by atoms with van der Waals surface area (Å²) in [6.45, 7) is 7.07. The maximum absolute atomic E-state index is 13.5. The highest BCUT2D eigenvalue weighted by atomic mass is 19.1. The molecule has 0 aliphatic carbocycles. The van der Waals surface area contributed by atoms with E-state index in [1.54, 1.807) is 13.8 Å². The van der Waals surface area contributed by atoms with Crippen molar-refractivity contribution in [3.05, 3.63) is 29.1 Å². The minimum absolute atomic E-state index is 0.250. The number of hydrogen-bond acceptors (Lipinski definition) is 3. The lowest BCUT2D eigenvalue weighted by Gasteiger charge is -2.32. The molecule has 94 valence electrons. The molecule has 1 fully saturated rings. The monoisotopic (exact) mass is 238 g/mol. The van der Waals surface area contributed by atoms with Gasteiger partial charge in [-0.1, -0.05) is 0 Å². The number of piperazine rings is 1. The van der Waals surface area contributed by atoms with Crippen LogP contribution in [-0.4, -0.2) is 31.3 Å². The smallest absolute Gasteiger partial charge is 0.126 e. The van der Waals surface area contributed by atoms with Gasteiger partial charge in [-0.25, -0.2) is 4.39 Å². The van der Waals surface area contributed by atoms with Crippen LogP contribution in [0.25, 0.3) is 0 Å². The van der Waals surface area contributed by atoms with Crippen LogP contribution in [0.5, 0.6) is 0 Å². The number of aryl methyl sites for hydroxylation is 1. The van der Waals surface area contributed by atoms with E-state index in [1.165, 1.54) is 6.07 Å². The van der Waals surface area contributed by atoms with Gasteiger partial charge in [-0.2, -0.15) is 0 Å². The Bertz CT molecular complexity index is 401. The zero-order valence-corrected chi connectivity index (χ0v) is 10.3. The number of aliphatic hydroxyl groups excluding tert-OH is 1. The van der Waals surface area contributed by atoms with Crippen LogP contribution in [0.15, 0.2) is 12.1 Å². The van der Waals surface area contributed by atoms with Gasteiger partial charge < -0.3 is 15.3 Å². The Kier molecular flexibility index (Phi) is 3.64. The fraction of sp³-hybridized carbons (Fsp3) is 0.538. The molecule has 3 nitrogen and oxygen atoms in total. The van der Waals surface area contributed by atoms with Gasteiger partial charge in [-0.3, -0.25) is 0 Å². The first-order chi connectivity index (χ1) is 8.09. The van der Waals surface area contributed by atoms with Crippen LogP contribution in [0, 0.1) is 12.7 Å². The molecule has 0 saturated carbocycles. The van der Waals surface area contributed by atoms with Crippen molar-refractivity contribution in [1.29, 1.82) is 0 Å². The fourth-order valence-electron chi connectivity index (χ4n) is 2.20. The van der Waals surface area contributed by atoms with E-state index >= 15 is 0 Å². The predicted molar refractivity (Wildman–Crippen MR) is 66.9 cm³/mol. The molecule has 0 radical (unpaired) electrons. The topological polar surface area (TPSA) is 35.5 Å². The third-order valence-electron chi connectivity index (χ3n) is 3.22. The third kappa shape index (κ3) is 2.58. The maximum atomic E-state index is 13.5. The molecule has 17 heavy (non-hydrogen) atoms. The van der Waals surface area contributed by atoms with Crippen molar-refractivity contribution in [2.24, 2.45) is 0 Å². The number of rotatable bonds is 2. The van der Waals surface area contributed by atoms with Gasteiger partial charge in [0, 0.05) is 37.4 Å². The molecule has 1 aromatic carbocycles. The largest absolute Gasteiger partial charge is 0.389 e. The highest BCUT2D eigenvalue weighted by Crippen LogP contribution is 2.29. The Morgan fingerprint density at radius 1 is 1.35 bits per heavy atom. The summed E-state index contributed by atoms with van der Waals surface area (Å²) < 4.78 is 13.5. The molecule has 2 rings (SSSR count). The van der Waals surface area contributed by atoms with Gasteiger partial charge in [0.2, 0.25) is 0 Å². The number of benzene rings is 1. The van der Waals surface area contributed by atoms with E-state index in [4.69, 9.17) is 0 Å². The molecule has 1 heterocycles. The zero-order chi connectivity index (χ0) is 12.4. The van der Waals surface area contributed by atoms with E-state index < -0.39 is 6.10 Å². The number of hydrogen-bond donors (Lipinski definition) is 2. The first-order valence-electron chi connectivity index (χ1n) is 6.03. The number of aliphatic hydroxyl groups is 1. The number of nitrogens with one attached hydrogen (secondary N) is 1. The molecular weight excluding hydrogens is 219 g/mol. The van der Waals surface area contributed by atoms with Crippen molar-refractivity contribution in [2.75, 3.05) is 31.1 Å². The Morgan fingerprint density at radius 2 is 2.00 bits per heavy atom. The van der Waals surface area contributed by atoms with E-state index in [-0.39, 0.29) is 5.82 Å². The average molecular weight is 238 g/mol. The second-order valence-corrected chi connectivity index (χ2v) is 4.57. The lowest BCUT2D eigenvalue weighted by molar-refractivity contribution is 0.199. The van der Waals surface area contributed by atoms with E-state index in [1.807, 2.05) is 6.07 Å². The van der Waals surface area contributed by atoms with E-state index in [2.05, 4.69) is 10.2 Å². The summed E-state index contributed by atoms with van der Waals surface area (Å²) in [6, 6.07) is 3.29. The average Bonchev–Trinajstić information content (AvgIpc) is 2.33. The van der Waals surface area contributed by atoms with E-state index in [0.29, 0.717) is 11.1 Å². The zero-order valence-electron chi connectivity index (χ0n) is 10.3. The number of halogens is 1. The molecule has 1 atom stereocenters. The van der Waals surface area contributed by atoms with Crippen LogP contribution in [0.4, 0.5) is 10.1 Å². The highest BCUT2D eigenvalue weighted by Gasteiger charge is 2.18. The molecule has 0 spiro atoms. The molecule has 0 bridgehead atoms. The lowest BCUT2D eigenvalue weighted by atomic mass is 10.0. The first-order valence-corrected chi connectivity index (χ1v) is 6.03. The summed E-state index contributed by atoms with van der Waals surface area (Å²) in [5.41, 5.74) is 2.26. The summed E-state index contributed by atoms with van der Waals surface area (Å²) in [4.78, 5) is 2.20. The van der Waals surface area contributed by atoms with Crippen LogP contribution in [0.2, 0.25) is 0 Å². The van der Waals surface area contributed by atoms with Crippen molar-refractivity contribution in [2.45, 2.75) is 20.0 Å². The molecule has 1 aromatic rings. The molecule has 0 amide bonds. The molecule has 2 N–H and O–H groups in total. The van der Waals surface area contributed by atoms with Crippen LogP contribution in [0.1, 0.15) is 24.2 Å². The van der Waals surface area contributed by atoms with Gasteiger partial charge in [0.25, 0.3) is 0 Å². The Hall–Kier alpha value is -1.13. The highest BCUT2D eigenvalue weighted by molar-refractivity contribution is 5.57. The predicted octanol–water partition coefficient (Wildman–Crippen LogP) is 1.60.